The largest absolute Gasteiger partial charge is 0.313 e. The van der Waals surface area contributed by atoms with Crippen molar-refractivity contribution in [3.05, 3.63) is 75.6 Å². The molecule has 0 aliphatic rings. The fourth-order valence-corrected chi connectivity index (χ4v) is 2.21. The molecule has 1 unspecified atom stereocenters. The van der Waals surface area contributed by atoms with E-state index in [1.54, 1.807) is 43.4 Å². The number of benzene rings is 2. The molecule has 1 N–H and O–H groups in total. The highest BCUT2D eigenvalue weighted by atomic mass is 19.1. The SMILES string of the molecule is CNC(Cc1ccccc1[N+](=O)[O-])c1ccccc1F. The van der Waals surface area contributed by atoms with Crippen LogP contribution in [-0.2, 0) is 6.42 Å². The van der Waals surface area contributed by atoms with Gasteiger partial charge in [0.25, 0.3) is 5.69 Å². The summed E-state index contributed by atoms with van der Waals surface area (Å²) in [6.45, 7) is 0. The number of hydrogen-bond acceptors (Lipinski definition) is 3. The first kappa shape index (κ1) is 14.1. The van der Waals surface area contributed by atoms with E-state index in [4.69, 9.17) is 0 Å². The van der Waals surface area contributed by atoms with Gasteiger partial charge in [-0.1, -0.05) is 36.4 Å². The van der Waals surface area contributed by atoms with Crippen LogP contribution in [0.2, 0.25) is 0 Å². The summed E-state index contributed by atoms with van der Waals surface area (Å²) < 4.78 is 13.8. The number of nitrogens with one attached hydrogen (secondary N) is 1. The molecule has 0 amide bonds. The molecule has 5 heteroatoms. The summed E-state index contributed by atoms with van der Waals surface area (Å²) in [4.78, 5) is 10.6. The van der Waals surface area contributed by atoms with E-state index in [2.05, 4.69) is 5.32 Å². The number of halogens is 1. The van der Waals surface area contributed by atoms with Gasteiger partial charge < -0.3 is 5.32 Å². The topological polar surface area (TPSA) is 55.2 Å². The number of hydrogen-bond donors (Lipinski definition) is 1. The molecule has 0 aliphatic heterocycles. The predicted octanol–water partition coefficient (Wildman–Crippen LogP) is 3.24. The minimum absolute atomic E-state index is 0.0593. The zero-order valence-electron chi connectivity index (χ0n) is 11.0. The third kappa shape index (κ3) is 3.00. The average molecular weight is 274 g/mol. The lowest BCUT2D eigenvalue weighted by molar-refractivity contribution is -0.385. The molecule has 0 fully saturated rings. The molecule has 0 spiro atoms. The van der Waals surface area contributed by atoms with Crippen molar-refractivity contribution < 1.29 is 9.31 Å². The molecule has 2 aromatic carbocycles. The van der Waals surface area contributed by atoms with E-state index in [-0.39, 0.29) is 17.5 Å². The molecule has 0 radical (unpaired) electrons. The summed E-state index contributed by atoms with van der Waals surface area (Å²) in [6.07, 6.45) is 0.356. The first-order chi connectivity index (χ1) is 9.63. The van der Waals surface area contributed by atoms with Crippen molar-refractivity contribution in [1.29, 1.82) is 0 Å². The molecule has 0 saturated heterocycles. The highest BCUT2D eigenvalue weighted by molar-refractivity contribution is 5.41. The Morgan fingerprint density at radius 2 is 1.85 bits per heavy atom. The zero-order valence-corrected chi connectivity index (χ0v) is 11.0. The molecule has 20 heavy (non-hydrogen) atoms. The monoisotopic (exact) mass is 274 g/mol. The third-order valence-corrected chi connectivity index (χ3v) is 3.24. The number of para-hydroxylation sites is 1. The van der Waals surface area contributed by atoms with Crippen molar-refractivity contribution in [2.45, 2.75) is 12.5 Å². The fourth-order valence-electron chi connectivity index (χ4n) is 2.21. The van der Waals surface area contributed by atoms with Crippen LogP contribution >= 0.6 is 0 Å². The lowest BCUT2D eigenvalue weighted by Crippen LogP contribution is -2.20. The smallest absolute Gasteiger partial charge is 0.272 e. The Morgan fingerprint density at radius 3 is 2.50 bits per heavy atom. The Morgan fingerprint density at radius 1 is 1.20 bits per heavy atom. The normalized spacial score (nSPS) is 12.1. The Bertz CT molecular complexity index is 616. The highest BCUT2D eigenvalue weighted by Crippen LogP contribution is 2.26. The first-order valence-electron chi connectivity index (χ1n) is 6.27. The van der Waals surface area contributed by atoms with Crippen molar-refractivity contribution in [3.63, 3.8) is 0 Å². The van der Waals surface area contributed by atoms with Crippen molar-refractivity contribution in [3.8, 4) is 0 Å². The van der Waals surface area contributed by atoms with Crippen molar-refractivity contribution in [2.24, 2.45) is 0 Å². The van der Waals surface area contributed by atoms with Crippen LogP contribution in [0.25, 0.3) is 0 Å². The van der Waals surface area contributed by atoms with Crippen LogP contribution in [0, 0.1) is 15.9 Å². The fraction of sp³-hybridized carbons (Fsp3) is 0.200. The summed E-state index contributed by atoms with van der Waals surface area (Å²) in [5, 5.41) is 14.0. The van der Waals surface area contributed by atoms with Gasteiger partial charge in [-0.2, -0.15) is 0 Å². The van der Waals surface area contributed by atoms with Crippen LogP contribution < -0.4 is 5.32 Å². The number of likely N-dealkylation sites (N-methyl/N-ethyl adjacent to an activating group) is 1. The predicted molar refractivity (Wildman–Crippen MR) is 75.0 cm³/mol. The second-order valence-electron chi connectivity index (χ2n) is 4.45. The molecule has 0 aliphatic carbocycles. The first-order valence-corrected chi connectivity index (χ1v) is 6.27. The van der Waals surface area contributed by atoms with Crippen LogP contribution in [0.15, 0.2) is 48.5 Å². The van der Waals surface area contributed by atoms with Crippen molar-refractivity contribution >= 4 is 5.69 Å². The van der Waals surface area contributed by atoms with Gasteiger partial charge in [0.05, 0.1) is 4.92 Å². The van der Waals surface area contributed by atoms with Crippen molar-refractivity contribution in [1.82, 2.24) is 5.32 Å². The van der Waals surface area contributed by atoms with Crippen LogP contribution in [0.4, 0.5) is 10.1 Å². The van der Waals surface area contributed by atoms with Gasteiger partial charge in [0, 0.05) is 23.2 Å². The number of nitro benzene ring substituents is 1. The highest BCUT2D eigenvalue weighted by Gasteiger charge is 2.19. The van der Waals surface area contributed by atoms with Crippen LogP contribution in [0.1, 0.15) is 17.2 Å². The maximum absolute atomic E-state index is 13.8. The third-order valence-electron chi connectivity index (χ3n) is 3.24. The van der Waals surface area contributed by atoms with Gasteiger partial charge in [0.2, 0.25) is 0 Å². The number of nitro groups is 1. The zero-order chi connectivity index (χ0) is 14.5. The molecule has 2 rings (SSSR count). The molecule has 104 valence electrons. The lowest BCUT2D eigenvalue weighted by Gasteiger charge is -2.17. The van der Waals surface area contributed by atoms with E-state index < -0.39 is 4.92 Å². The van der Waals surface area contributed by atoms with Gasteiger partial charge in [-0.05, 0) is 19.5 Å². The average Bonchev–Trinajstić information content (AvgIpc) is 2.46. The van der Waals surface area contributed by atoms with Gasteiger partial charge >= 0.3 is 0 Å². The van der Waals surface area contributed by atoms with Crippen LogP contribution in [-0.4, -0.2) is 12.0 Å². The Labute approximate surface area is 116 Å². The summed E-state index contributed by atoms with van der Waals surface area (Å²) in [5.41, 5.74) is 1.15. The van der Waals surface area contributed by atoms with Gasteiger partial charge in [0.1, 0.15) is 5.82 Å². The second-order valence-corrected chi connectivity index (χ2v) is 4.45. The van der Waals surface area contributed by atoms with E-state index >= 15 is 0 Å². The molecule has 1 atom stereocenters. The summed E-state index contributed by atoms with van der Waals surface area (Å²) in [5.74, 6) is -0.314. The Balaban J connectivity index is 2.32. The van der Waals surface area contributed by atoms with Crippen LogP contribution in [0.3, 0.4) is 0 Å². The molecule has 0 saturated carbocycles. The summed E-state index contributed by atoms with van der Waals surface area (Å²) in [6, 6.07) is 12.7. The van der Waals surface area contributed by atoms with Crippen LogP contribution in [0.5, 0.6) is 0 Å². The quantitative estimate of drug-likeness (QED) is 0.672. The Kier molecular flexibility index (Phi) is 4.42. The molecule has 0 aromatic heterocycles. The number of nitrogens with zero attached hydrogens (tertiary/aromatic N) is 1. The second kappa shape index (κ2) is 6.25. The van der Waals surface area contributed by atoms with Gasteiger partial charge in [-0.3, -0.25) is 10.1 Å². The molecular formula is C15H15FN2O2. The summed E-state index contributed by atoms with van der Waals surface area (Å²) >= 11 is 0. The molecule has 2 aromatic rings. The van der Waals surface area contributed by atoms with E-state index in [0.29, 0.717) is 17.5 Å². The number of rotatable bonds is 5. The van der Waals surface area contributed by atoms with Gasteiger partial charge in [0.15, 0.2) is 0 Å². The molecule has 4 nitrogen and oxygen atoms in total. The maximum atomic E-state index is 13.8. The van der Waals surface area contributed by atoms with Gasteiger partial charge in [-0.25, -0.2) is 4.39 Å². The lowest BCUT2D eigenvalue weighted by atomic mass is 9.97. The van der Waals surface area contributed by atoms with E-state index in [1.165, 1.54) is 12.1 Å². The van der Waals surface area contributed by atoms with Gasteiger partial charge in [-0.15, -0.1) is 0 Å². The van der Waals surface area contributed by atoms with E-state index in [9.17, 15) is 14.5 Å². The van der Waals surface area contributed by atoms with E-state index in [0.717, 1.165) is 0 Å². The maximum Gasteiger partial charge on any atom is 0.272 e. The minimum atomic E-state index is -0.413. The summed E-state index contributed by atoms with van der Waals surface area (Å²) in [7, 11) is 1.71. The minimum Gasteiger partial charge on any atom is -0.313 e. The molecule has 0 bridgehead atoms. The molecule has 0 heterocycles. The molecular weight excluding hydrogens is 259 g/mol. The van der Waals surface area contributed by atoms with Crippen molar-refractivity contribution in [2.75, 3.05) is 7.05 Å². The van der Waals surface area contributed by atoms with E-state index in [1.807, 2.05) is 0 Å². The Hall–Kier alpha value is -2.27. The standard InChI is InChI=1S/C15H15FN2O2/c1-17-14(12-7-3-4-8-13(12)16)10-11-6-2-5-9-15(11)18(19)20/h2-9,14,17H,10H2,1H3.